The maximum absolute atomic E-state index is 12.4. The number of rotatable bonds is 0. The normalized spacial score (nSPS) is 57.1. The van der Waals surface area contributed by atoms with Gasteiger partial charge in [-0.15, -0.1) is 0 Å². The number of likely N-dealkylation sites (tertiary alicyclic amines) is 1. The highest BCUT2D eigenvalue weighted by Gasteiger charge is 2.87. The topological polar surface area (TPSA) is 49.8 Å². The smallest absolute Gasteiger partial charge is 0.229 e. The number of nitrogens with zero attached hydrogens (tertiary/aromatic N) is 1. The molecule has 4 nitrogen and oxygen atoms in total. The van der Waals surface area contributed by atoms with E-state index in [-0.39, 0.29) is 47.1 Å². The first kappa shape index (κ1) is 9.42. The van der Waals surface area contributed by atoms with Gasteiger partial charge in [-0.3, -0.25) is 4.79 Å². The van der Waals surface area contributed by atoms with E-state index in [1.165, 1.54) is 0 Å². The van der Waals surface area contributed by atoms with Crippen LogP contribution in [0.2, 0.25) is 0 Å². The van der Waals surface area contributed by atoms with Gasteiger partial charge in [-0.05, 0) is 27.2 Å². The molecule has 0 aromatic rings. The van der Waals surface area contributed by atoms with Crippen LogP contribution in [0.4, 0.5) is 0 Å². The van der Waals surface area contributed by atoms with Crippen LogP contribution >= 0.6 is 0 Å². The van der Waals surface area contributed by atoms with Gasteiger partial charge in [0.2, 0.25) is 5.91 Å². The summed E-state index contributed by atoms with van der Waals surface area (Å²) < 4.78 is 5.87. The molecule has 16 heavy (non-hydrogen) atoms. The average Bonchev–Trinajstić information content (AvgIpc) is 2.67. The van der Waals surface area contributed by atoms with Gasteiger partial charge < -0.3 is 14.7 Å². The van der Waals surface area contributed by atoms with Crippen LogP contribution in [-0.2, 0) is 9.53 Å². The molecule has 0 aromatic heterocycles. The second-order valence-electron chi connectivity index (χ2n) is 6.64. The van der Waals surface area contributed by atoms with Crippen LogP contribution in [0.5, 0.6) is 0 Å². The first-order valence-corrected chi connectivity index (χ1v) is 6.08. The second-order valence-corrected chi connectivity index (χ2v) is 6.64. The molecule has 1 N–H and O–H groups in total. The van der Waals surface area contributed by atoms with Crippen LogP contribution < -0.4 is 0 Å². The molecule has 3 aliphatic heterocycles. The number of carbonyl (C=O) groups excluding carboxylic acids is 1. The fraction of sp³-hybridized carbons (Fsp3) is 0.917. The van der Waals surface area contributed by atoms with Crippen molar-refractivity contribution in [3.05, 3.63) is 0 Å². The summed E-state index contributed by atoms with van der Waals surface area (Å²) in [6.07, 6.45) is 0.612. The molecule has 5 aliphatic rings. The Bertz CT molecular complexity index is 402. The SMILES string of the molecule is CC(C)(C)N1C(=O)C2CC3OC24C1C(O)[C@@H]34. The van der Waals surface area contributed by atoms with E-state index in [2.05, 4.69) is 0 Å². The van der Waals surface area contributed by atoms with Crippen LogP contribution in [0.1, 0.15) is 27.2 Å². The largest absolute Gasteiger partial charge is 0.390 e. The van der Waals surface area contributed by atoms with Gasteiger partial charge in [0.25, 0.3) is 0 Å². The van der Waals surface area contributed by atoms with Gasteiger partial charge in [-0.2, -0.15) is 0 Å². The van der Waals surface area contributed by atoms with Crippen LogP contribution in [0.15, 0.2) is 0 Å². The van der Waals surface area contributed by atoms with Crippen LogP contribution in [0.25, 0.3) is 0 Å². The lowest BCUT2D eigenvalue weighted by atomic mass is 9.59. The van der Waals surface area contributed by atoms with Crippen LogP contribution in [0, 0.1) is 11.8 Å². The summed E-state index contributed by atoms with van der Waals surface area (Å²) in [5.74, 6) is 0.452. The summed E-state index contributed by atoms with van der Waals surface area (Å²) in [7, 11) is 0. The lowest BCUT2D eigenvalue weighted by molar-refractivity contribution is -0.343. The van der Waals surface area contributed by atoms with Gasteiger partial charge >= 0.3 is 0 Å². The molecule has 0 aromatic carbocycles. The summed E-state index contributed by atoms with van der Waals surface area (Å²) >= 11 is 0. The fourth-order valence-electron chi connectivity index (χ4n) is 4.56. The van der Waals surface area contributed by atoms with E-state index >= 15 is 0 Å². The quantitative estimate of drug-likeness (QED) is 0.635. The van der Waals surface area contributed by atoms with Crippen molar-refractivity contribution in [2.24, 2.45) is 11.8 Å². The predicted molar refractivity (Wildman–Crippen MR) is 55.6 cm³/mol. The monoisotopic (exact) mass is 223 g/mol. The Morgan fingerprint density at radius 1 is 1.50 bits per heavy atom. The van der Waals surface area contributed by atoms with Crippen molar-refractivity contribution in [1.29, 1.82) is 0 Å². The number of ether oxygens (including phenoxy) is 1. The minimum Gasteiger partial charge on any atom is -0.390 e. The number of hydrogen-bond donors (Lipinski definition) is 1. The maximum Gasteiger partial charge on any atom is 0.229 e. The maximum atomic E-state index is 12.4. The van der Waals surface area contributed by atoms with Crippen molar-refractivity contribution < 1.29 is 14.6 Å². The van der Waals surface area contributed by atoms with Crippen molar-refractivity contribution >= 4 is 5.91 Å². The van der Waals surface area contributed by atoms with Crippen molar-refractivity contribution in [1.82, 2.24) is 4.90 Å². The van der Waals surface area contributed by atoms with Gasteiger partial charge in [0.1, 0.15) is 5.60 Å². The third-order valence-corrected chi connectivity index (χ3v) is 4.98. The van der Waals surface area contributed by atoms with Gasteiger partial charge in [-0.1, -0.05) is 0 Å². The predicted octanol–water partition coefficient (Wildman–Crippen LogP) is 0.144. The number of carbonyl (C=O) groups is 1. The summed E-state index contributed by atoms with van der Waals surface area (Å²) in [6, 6.07) is -0.0891. The molecule has 6 atom stereocenters. The molecule has 3 heterocycles. The molecule has 0 radical (unpaired) electrons. The Hall–Kier alpha value is -0.610. The molecule has 4 heteroatoms. The summed E-state index contributed by atoms with van der Waals surface area (Å²) in [5.41, 5.74) is -0.518. The Balaban J connectivity index is 1.82. The van der Waals surface area contributed by atoms with E-state index in [0.29, 0.717) is 0 Å². The van der Waals surface area contributed by atoms with Crippen molar-refractivity contribution in [2.45, 2.75) is 56.6 Å². The molecule has 3 saturated heterocycles. The molecular weight excluding hydrogens is 206 g/mol. The molecule has 5 rings (SSSR count). The fourth-order valence-corrected chi connectivity index (χ4v) is 4.56. The van der Waals surface area contributed by atoms with Crippen molar-refractivity contribution in [3.8, 4) is 0 Å². The highest BCUT2D eigenvalue weighted by Crippen LogP contribution is 2.71. The number of aliphatic hydroxyl groups is 1. The molecule has 2 bridgehead atoms. The Morgan fingerprint density at radius 2 is 2.19 bits per heavy atom. The minimum atomic E-state index is -0.366. The zero-order chi connectivity index (χ0) is 11.5. The Labute approximate surface area is 94.6 Å². The first-order chi connectivity index (χ1) is 7.39. The minimum absolute atomic E-state index is 0.0233. The number of amides is 1. The Kier molecular flexibility index (Phi) is 1.28. The van der Waals surface area contributed by atoms with E-state index < -0.39 is 0 Å². The van der Waals surface area contributed by atoms with E-state index in [1.807, 2.05) is 25.7 Å². The van der Waals surface area contributed by atoms with Gasteiger partial charge in [0, 0.05) is 11.5 Å². The molecule has 5 unspecified atom stereocenters. The molecule has 88 valence electrons. The molecule has 2 aliphatic carbocycles. The van der Waals surface area contributed by atoms with Gasteiger partial charge in [-0.25, -0.2) is 0 Å². The molecule has 1 spiro atoms. The second kappa shape index (κ2) is 2.18. The number of hydrogen-bond acceptors (Lipinski definition) is 3. The lowest BCUT2D eigenvalue weighted by Gasteiger charge is -2.65. The van der Waals surface area contributed by atoms with Crippen molar-refractivity contribution in [3.63, 3.8) is 0 Å². The van der Waals surface area contributed by atoms with Crippen molar-refractivity contribution in [2.75, 3.05) is 0 Å². The first-order valence-electron chi connectivity index (χ1n) is 6.08. The highest BCUT2D eigenvalue weighted by atomic mass is 16.6. The summed E-state index contributed by atoms with van der Waals surface area (Å²) in [4.78, 5) is 14.3. The zero-order valence-corrected chi connectivity index (χ0v) is 9.80. The lowest BCUT2D eigenvalue weighted by Crippen LogP contribution is -2.81. The van der Waals surface area contributed by atoms with Gasteiger partial charge in [0.15, 0.2) is 0 Å². The number of aliphatic hydroxyl groups excluding tert-OH is 1. The van der Waals surface area contributed by atoms with Crippen LogP contribution in [0.3, 0.4) is 0 Å². The van der Waals surface area contributed by atoms with E-state index in [0.717, 1.165) is 6.42 Å². The molecule has 5 fully saturated rings. The third kappa shape index (κ3) is 0.646. The Morgan fingerprint density at radius 3 is 2.81 bits per heavy atom. The van der Waals surface area contributed by atoms with E-state index in [9.17, 15) is 9.90 Å². The average molecular weight is 223 g/mol. The van der Waals surface area contributed by atoms with E-state index in [4.69, 9.17) is 4.74 Å². The molecular formula is C12H17NO3. The standard InChI is InChI=1S/C12H17NO3/c1-11(2,3)13-9-8(14)7-6-4-5(10(13)15)12(7,9)16-6/h5-9,14H,4H2,1-3H3/t5?,6?,7-,8?,9?,12?/m1/s1. The van der Waals surface area contributed by atoms with Crippen LogP contribution in [-0.4, -0.2) is 45.3 Å². The zero-order valence-electron chi connectivity index (χ0n) is 9.80. The van der Waals surface area contributed by atoms with Gasteiger partial charge in [0.05, 0.1) is 24.2 Å². The highest BCUT2D eigenvalue weighted by molar-refractivity contribution is 5.87. The summed E-state index contributed by atoms with van der Waals surface area (Å²) in [6.45, 7) is 6.08. The van der Waals surface area contributed by atoms with E-state index in [1.54, 1.807) is 0 Å². The third-order valence-electron chi connectivity index (χ3n) is 4.98. The molecule has 2 saturated carbocycles. The summed E-state index contributed by atoms with van der Waals surface area (Å²) in [5, 5.41) is 10.2. The molecule has 1 amide bonds.